The minimum atomic E-state index is -0.857. The zero-order valence-corrected chi connectivity index (χ0v) is 16.9. The van der Waals surface area contributed by atoms with Crippen LogP contribution in [0.3, 0.4) is 0 Å². The third kappa shape index (κ3) is 3.11. The molecule has 4 rings (SSSR count). The number of nitrogens with zero attached hydrogens (tertiary/aromatic N) is 1. The van der Waals surface area contributed by atoms with Gasteiger partial charge in [-0.2, -0.15) is 0 Å². The standard InChI is InChI=1S/C23H27N5O2/c24-19(12-15-4-2-1-3-5-15)21(29)28(11-10-18-13-23(18,28)22(27)30)14-16-6-8-17(9-7-16)20(25)26/h1-9,18-19H,10-14,24H2,(H4-,25,26,27,30)/p+1/t18-,19?,23+,28?/m1/s1. The fourth-order valence-corrected chi connectivity index (χ4v) is 5.25. The summed E-state index contributed by atoms with van der Waals surface area (Å²) in [5.41, 5.74) is 19.5. The van der Waals surface area contributed by atoms with Crippen LogP contribution in [0.1, 0.15) is 29.5 Å². The number of benzene rings is 2. The Morgan fingerprint density at radius 1 is 1.07 bits per heavy atom. The monoisotopic (exact) mass is 406 g/mol. The second-order valence-corrected chi connectivity index (χ2v) is 8.57. The number of nitrogens with one attached hydrogen (secondary N) is 1. The van der Waals surface area contributed by atoms with Gasteiger partial charge in [-0.05, 0) is 5.56 Å². The van der Waals surface area contributed by atoms with Gasteiger partial charge in [0.1, 0.15) is 18.4 Å². The lowest BCUT2D eigenvalue weighted by molar-refractivity contribution is -0.885. The van der Waals surface area contributed by atoms with E-state index in [1.807, 2.05) is 42.5 Å². The molecule has 2 fully saturated rings. The summed E-state index contributed by atoms with van der Waals surface area (Å²) in [5, 5.41) is 7.57. The molecule has 2 aromatic rings. The number of hydrogen-bond donors (Lipinski definition) is 4. The third-order valence-electron chi connectivity index (χ3n) is 6.88. The van der Waals surface area contributed by atoms with E-state index in [9.17, 15) is 9.59 Å². The molecule has 30 heavy (non-hydrogen) atoms. The molecule has 1 heterocycles. The third-order valence-corrected chi connectivity index (χ3v) is 6.88. The van der Waals surface area contributed by atoms with Gasteiger partial charge < -0.3 is 17.2 Å². The van der Waals surface area contributed by atoms with Crippen molar-refractivity contribution in [2.24, 2.45) is 23.1 Å². The van der Waals surface area contributed by atoms with E-state index in [1.165, 1.54) is 0 Å². The fraction of sp³-hybridized carbons (Fsp3) is 0.348. The first-order valence-electron chi connectivity index (χ1n) is 10.2. The van der Waals surface area contributed by atoms with Crippen molar-refractivity contribution < 1.29 is 14.1 Å². The number of piperidine rings is 1. The van der Waals surface area contributed by atoms with Gasteiger partial charge in [0.15, 0.2) is 5.54 Å². The zero-order chi connectivity index (χ0) is 21.5. The molecule has 0 aromatic heterocycles. The summed E-state index contributed by atoms with van der Waals surface area (Å²) in [6.45, 7) is 0.919. The van der Waals surface area contributed by atoms with Crippen molar-refractivity contribution in [3.05, 3.63) is 71.3 Å². The topological polar surface area (TPSA) is 136 Å². The molecule has 1 saturated carbocycles. The summed E-state index contributed by atoms with van der Waals surface area (Å²) in [6.07, 6.45) is 1.85. The Bertz CT molecular complexity index is 990. The van der Waals surface area contributed by atoms with Gasteiger partial charge in [0.2, 0.25) is 0 Å². The number of quaternary nitrogens is 1. The summed E-state index contributed by atoms with van der Waals surface area (Å²) < 4.78 is -0.0135. The van der Waals surface area contributed by atoms with E-state index in [1.54, 1.807) is 12.1 Å². The van der Waals surface area contributed by atoms with Crippen molar-refractivity contribution in [2.45, 2.75) is 37.4 Å². The highest BCUT2D eigenvalue weighted by Crippen LogP contribution is 2.61. The van der Waals surface area contributed by atoms with Crippen LogP contribution in [0.2, 0.25) is 0 Å². The number of likely N-dealkylation sites (tertiary alicyclic amines) is 1. The van der Waals surface area contributed by atoms with Crippen molar-refractivity contribution >= 4 is 17.6 Å². The predicted molar refractivity (Wildman–Crippen MR) is 114 cm³/mol. The highest BCUT2D eigenvalue weighted by Gasteiger charge is 2.79. The lowest BCUT2D eigenvalue weighted by Crippen LogP contribution is -2.67. The largest absolute Gasteiger partial charge is 0.384 e. The summed E-state index contributed by atoms with van der Waals surface area (Å²) in [4.78, 5) is 26.4. The molecule has 2 aliphatic rings. The molecule has 2 unspecified atom stereocenters. The van der Waals surface area contributed by atoms with Crippen LogP contribution in [0.25, 0.3) is 0 Å². The Kier molecular flexibility index (Phi) is 4.95. The van der Waals surface area contributed by atoms with Crippen LogP contribution >= 0.6 is 0 Å². The van der Waals surface area contributed by atoms with Crippen molar-refractivity contribution in [1.82, 2.24) is 0 Å². The first-order valence-corrected chi connectivity index (χ1v) is 10.2. The second-order valence-electron chi connectivity index (χ2n) is 8.57. The predicted octanol–water partition coefficient (Wildman–Crippen LogP) is 1.03. The molecule has 4 atom stereocenters. The van der Waals surface area contributed by atoms with Crippen molar-refractivity contribution in [2.75, 3.05) is 6.54 Å². The highest BCUT2D eigenvalue weighted by molar-refractivity contribution is 5.95. The fourth-order valence-electron chi connectivity index (χ4n) is 5.25. The van der Waals surface area contributed by atoms with Gasteiger partial charge in [-0.3, -0.25) is 10.2 Å². The summed E-state index contributed by atoms with van der Waals surface area (Å²) in [5.74, 6) is -0.415. The van der Waals surface area contributed by atoms with Crippen LogP contribution < -0.4 is 17.2 Å². The van der Waals surface area contributed by atoms with E-state index in [0.717, 1.165) is 17.5 Å². The van der Waals surface area contributed by atoms with Gasteiger partial charge in [0.25, 0.3) is 5.91 Å². The number of fused-ring (bicyclic) bond motifs is 1. The van der Waals surface area contributed by atoms with Crippen LogP contribution in [0.5, 0.6) is 0 Å². The minimum absolute atomic E-state index is 0.0107. The van der Waals surface area contributed by atoms with Gasteiger partial charge in [-0.1, -0.05) is 54.6 Å². The first kappa shape index (κ1) is 20.3. The van der Waals surface area contributed by atoms with Gasteiger partial charge in [-0.25, -0.2) is 9.28 Å². The number of amides is 2. The molecular weight excluding hydrogens is 378 g/mol. The molecule has 0 spiro atoms. The number of primary amides is 1. The van der Waals surface area contributed by atoms with Gasteiger partial charge in [0, 0.05) is 36.3 Å². The number of carbonyl (C=O) groups excluding carboxylic acids is 2. The Balaban J connectivity index is 1.67. The maximum absolute atomic E-state index is 13.8. The van der Waals surface area contributed by atoms with Crippen molar-refractivity contribution in [1.29, 1.82) is 5.41 Å². The molecule has 2 amide bonds. The first-order chi connectivity index (χ1) is 14.3. The Hall–Kier alpha value is -3.03. The molecule has 2 aromatic carbocycles. The molecule has 156 valence electrons. The molecule has 1 saturated heterocycles. The van der Waals surface area contributed by atoms with E-state index in [4.69, 9.17) is 22.6 Å². The molecule has 7 heteroatoms. The number of amidine groups is 1. The highest BCUT2D eigenvalue weighted by atomic mass is 16.2. The lowest BCUT2D eigenvalue weighted by Gasteiger charge is -2.40. The SMILES string of the molecule is N=C(N)c1ccc(C[N+]2(C(=O)C(N)Cc3ccccc3)CC[C@@H]3C[C@@]32C(N)=O)cc1. The average Bonchev–Trinajstić information content (AvgIpc) is 3.40. The minimum Gasteiger partial charge on any atom is -0.384 e. The van der Waals surface area contributed by atoms with Crippen LogP contribution in [-0.2, 0) is 22.6 Å². The van der Waals surface area contributed by atoms with E-state index in [0.29, 0.717) is 31.5 Å². The Morgan fingerprint density at radius 2 is 1.73 bits per heavy atom. The van der Waals surface area contributed by atoms with Gasteiger partial charge >= 0.3 is 5.91 Å². The van der Waals surface area contributed by atoms with Crippen LogP contribution in [-0.4, -0.2) is 40.3 Å². The molecular formula is C23H28N5O2+. The van der Waals surface area contributed by atoms with E-state index in [2.05, 4.69) is 0 Å². The average molecular weight is 407 g/mol. The second kappa shape index (κ2) is 7.34. The number of rotatable bonds is 7. The molecule has 1 aliphatic heterocycles. The maximum Gasteiger partial charge on any atom is 0.332 e. The zero-order valence-electron chi connectivity index (χ0n) is 16.9. The van der Waals surface area contributed by atoms with Crippen LogP contribution in [0.4, 0.5) is 0 Å². The van der Waals surface area contributed by atoms with Crippen molar-refractivity contribution in [3.8, 4) is 0 Å². The van der Waals surface area contributed by atoms with E-state index in [-0.39, 0.29) is 22.1 Å². The number of nitrogen functional groups attached to an aromatic ring is 1. The molecule has 1 aliphatic carbocycles. The Morgan fingerprint density at radius 3 is 2.30 bits per heavy atom. The molecule has 0 bridgehead atoms. The van der Waals surface area contributed by atoms with Crippen LogP contribution in [0.15, 0.2) is 54.6 Å². The van der Waals surface area contributed by atoms with E-state index >= 15 is 0 Å². The summed E-state index contributed by atoms with van der Waals surface area (Å²) >= 11 is 0. The molecule has 0 radical (unpaired) electrons. The van der Waals surface area contributed by atoms with Gasteiger partial charge in [0.05, 0.1) is 6.54 Å². The quantitative estimate of drug-likeness (QED) is 0.310. The van der Waals surface area contributed by atoms with E-state index < -0.39 is 17.5 Å². The molecule has 7 N–H and O–H groups in total. The summed E-state index contributed by atoms with van der Waals surface area (Å²) in [7, 11) is 0. The Labute approximate surface area is 175 Å². The maximum atomic E-state index is 13.8. The van der Waals surface area contributed by atoms with Crippen molar-refractivity contribution in [3.63, 3.8) is 0 Å². The summed E-state index contributed by atoms with van der Waals surface area (Å²) in [6, 6.07) is 16.2. The number of carbonyl (C=O) groups is 2. The van der Waals surface area contributed by atoms with Gasteiger partial charge in [-0.15, -0.1) is 0 Å². The number of nitrogens with two attached hydrogens (primary N) is 3. The molecule has 7 nitrogen and oxygen atoms in total. The number of hydrogen-bond acceptors (Lipinski definition) is 4. The normalized spacial score (nSPS) is 27.8. The lowest BCUT2D eigenvalue weighted by atomic mass is 10.00. The van der Waals surface area contributed by atoms with Crippen LogP contribution in [0, 0.1) is 11.3 Å². The smallest absolute Gasteiger partial charge is 0.332 e.